The van der Waals surface area contributed by atoms with E-state index in [4.69, 9.17) is 4.74 Å². The van der Waals surface area contributed by atoms with Crippen LogP contribution >= 0.6 is 0 Å². The fourth-order valence-electron chi connectivity index (χ4n) is 6.72. The van der Waals surface area contributed by atoms with Gasteiger partial charge >= 0.3 is 12.1 Å². The molecular formula is C24H27F3O4. The molecule has 3 unspecified atom stereocenters. The van der Waals surface area contributed by atoms with E-state index in [0.29, 0.717) is 19.3 Å². The zero-order valence-corrected chi connectivity index (χ0v) is 17.9. The van der Waals surface area contributed by atoms with Crippen molar-refractivity contribution >= 4 is 17.5 Å². The molecule has 4 rings (SSSR count). The number of rotatable bonds is 3. The number of carbonyl (C=O) groups excluding carboxylic acids is 3. The molecule has 0 aromatic heterocycles. The average Bonchev–Trinajstić information content (AvgIpc) is 3.02. The van der Waals surface area contributed by atoms with E-state index >= 15 is 0 Å². The summed E-state index contributed by atoms with van der Waals surface area (Å²) < 4.78 is 47.2. The molecule has 0 amide bonds. The van der Waals surface area contributed by atoms with Crippen molar-refractivity contribution in [2.24, 2.45) is 34.5 Å². The van der Waals surface area contributed by atoms with Crippen molar-refractivity contribution in [3.63, 3.8) is 0 Å². The second kappa shape index (κ2) is 7.17. The Kier molecular flexibility index (Phi) is 5.10. The summed E-state index contributed by atoms with van der Waals surface area (Å²) >= 11 is 0. The Morgan fingerprint density at radius 1 is 1.19 bits per heavy atom. The number of allylic oxidation sites excluding steroid dienone is 6. The lowest BCUT2D eigenvalue weighted by Gasteiger charge is -2.54. The third-order valence-electron chi connectivity index (χ3n) is 8.20. The molecule has 0 aromatic carbocycles. The van der Waals surface area contributed by atoms with E-state index in [1.165, 1.54) is 19.1 Å². The van der Waals surface area contributed by atoms with Gasteiger partial charge in [-0.15, -0.1) is 0 Å². The predicted molar refractivity (Wildman–Crippen MR) is 107 cm³/mol. The van der Waals surface area contributed by atoms with Gasteiger partial charge in [-0.2, -0.15) is 13.2 Å². The fraction of sp³-hybridized carbons (Fsp3) is 0.625. The molecule has 0 bridgehead atoms. The largest absolute Gasteiger partial charge is 0.458 e. The van der Waals surface area contributed by atoms with Crippen molar-refractivity contribution in [3.8, 4) is 0 Å². The number of esters is 1. The zero-order valence-electron chi connectivity index (χ0n) is 17.9. The summed E-state index contributed by atoms with van der Waals surface area (Å²) in [5.41, 5.74) is -0.316. The van der Waals surface area contributed by atoms with E-state index in [2.05, 4.69) is 0 Å². The number of Topliss-reactive ketones (excluding diaryl/α,β-unsaturated/α-hetero) is 1. The van der Waals surface area contributed by atoms with Crippen LogP contribution in [-0.2, 0) is 19.1 Å². The molecular weight excluding hydrogens is 409 g/mol. The number of ketones is 2. The Morgan fingerprint density at radius 3 is 2.55 bits per heavy atom. The topological polar surface area (TPSA) is 60.4 Å². The lowest BCUT2D eigenvalue weighted by atomic mass is 9.50. The van der Waals surface area contributed by atoms with Gasteiger partial charge in [0.15, 0.2) is 11.6 Å². The first-order chi connectivity index (χ1) is 14.4. The van der Waals surface area contributed by atoms with Gasteiger partial charge in [0, 0.05) is 18.3 Å². The van der Waals surface area contributed by atoms with Gasteiger partial charge in [0.1, 0.15) is 6.61 Å². The maximum atomic E-state index is 14.1. The molecule has 2 saturated carbocycles. The van der Waals surface area contributed by atoms with Crippen molar-refractivity contribution in [1.82, 2.24) is 0 Å². The average molecular weight is 436 g/mol. The molecule has 0 N–H and O–H groups in total. The molecule has 4 aliphatic rings. The second-order valence-electron chi connectivity index (χ2n) is 9.83. The van der Waals surface area contributed by atoms with Gasteiger partial charge in [-0.3, -0.25) is 14.4 Å². The summed E-state index contributed by atoms with van der Waals surface area (Å²) in [6, 6.07) is 0. The molecule has 0 spiro atoms. The standard InChI is InChI=1S/C24H27F3O4/c1-13(28)31-12-21(30)18-5-4-16-15-11-20(24(25,26)27)19-10-14(29)6-8-23(19,3)17(15)7-9-22(16,18)2/h6-8,10,15-16,18,20H,4-5,9,11-12H2,1-3H3/t15?,16?,18-,20?,22+,23-/m1/s1. The Morgan fingerprint density at radius 2 is 1.90 bits per heavy atom. The molecule has 4 nitrogen and oxygen atoms in total. The van der Waals surface area contributed by atoms with E-state index in [-0.39, 0.29) is 42.1 Å². The molecule has 0 radical (unpaired) electrons. The number of hydrogen-bond donors (Lipinski definition) is 0. The Labute approximate surface area is 179 Å². The van der Waals surface area contributed by atoms with Gasteiger partial charge in [-0.1, -0.05) is 24.6 Å². The van der Waals surface area contributed by atoms with Gasteiger partial charge in [0.2, 0.25) is 0 Å². The molecule has 7 heteroatoms. The molecule has 31 heavy (non-hydrogen) atoms. The predicted octanol–water partition coefficient (Wildman–Crippen LogP) is 4.75. The van der Waals surface area contributed by atoms with Crippen LogP contribution in [0.25, 0.3) is 0 Å². The molecule has 2 fully saturated rings. The highest BCUT2D eigenvalue weighted by atomic mass is 19.4. The monoisotopic (exact) mass is 436 g/mol. The van der Waals surface area contributed by atoms with Crippen LogP contribution in [0.5, 0.6) is 0 Å². The summed E-state index contributed by atoms with van der Waals surface area (Å²) in [5.74, 6) is -3.47. The van der Waals surface area contributed by atoms with Gasteiger partial charge in [-0.05, 0) is 67.6 Å². The van der Waals surface area contributed by atoms with Crippen LogP contribution in [0.3, 0.4) is 0 Å². The smallest absolute Gasteiger partial charge is 0.395 e. The molecule has 6 atom stereocenters. The Hall–Kier alpha value is -2.18. The number of halogens is 3. The first-order valence-electron chi connectivity index (χ1n) is 10.8. The van der Waals surface area contributed by atoms with Gasteiger partial charge in [0.05, 0.1) is 5.92 Å². The third kappa shape index (κ3) is 3.40. The van der Waals surface area contributed by atoms with Crippen LogP contribution in [0, 0.1) is 34.5 Å². The molecule has 0 saturated heterocycles. The second-order valence-corrected chi connectivity index (χ2v) is 9.83. The molecule has 4 aliphatic carbocycles. The zero-order chi connectivity index (χ0) is 22.8. The summed E-state index contributed by atoms with van der Waals surface area (Å²) in [6.45, 7) is 4.73. The van der Waals surface area contributed by atoms with E-state index in [9.17, 15) is 27.6 Å². The van der Waals surface area contributed by atoms with Crippen LogP contribution in [0.1, 0.15) is 46.5 Å². The highest BCUT2D eigenvalue weighted by Crippen LogP contribution is 2.66. The van der Waals surface area contributed by atoms with Crippen LogP contribution < -0.4 is 0 Å². The highest BCUT2D eigenvalue weighted by Gasteiger charge is 2.61. The minimum Gasteiger partial charge on any atom is -0.458 e. The van der Waals surface area contributed by atoms with Crippen molar-refractivity contribution in [3.05, 3.63) is 35.5 Å². The van der Waals surface area contributed by atoms with Crippen molar-refractivity contribution in [2.75, 3.05) is 6.61 Å². The van der Waals surface area contributed by atoms with E-state index in [0.717, 1.165) is 5.57 Å². The Bertz CT molecular complexity index is 928. The quantitative estimate of drug-likeness (QED) is 0.473. The summed E-state index contributed by atoms with van der Waals surface area (Å²) in [4.78, 5) is 35.8. The Balaban J connectivity index is 1.72. The van der Waals surface area contributed by atoms with Crippen molar-refractivity contribution in [1.29, 1.82) is 0 Å². The summed E-state index contributed by atoms with van der Waals surface area (Å²) in [6.07, 6.45) is 3.48. The van der Waals surface area contributed by atoms with Gasteiger partial charge in [0.25, 0.3) is 0 Å². The first kappa shape index (κ1) is 22.0. The first-order valence-corrected chi connectivity index (χ1v) is 10.8. The van der Waals surface area contributed by atoms with Crippen molar-refractivity contribution < 1.29 is 32.3 Å². The van der Waals surface area contributed by atoms with Crippen LogP contribution in [0.2, 0.25) is 0 Å². The van der Waals surface area contributed by atoms with E-state index in [1.807, 2.05) is 13.0 Å². The molecule has 0 aliphatic heterocycles. The van der Waals surface area contributed by atoms with Crippen LogP contribution in [0.4, 0.5) is 13.2 Å². The highest BCUT2D eigenvalue weighted by molar-refractivity contribution is 6.01. The number of ether oxygens (including phenoxy) is 1. The number of hydrogen-bond acceptors (Lipinski definition) is 4. The summed E-state index contributed by atoms with van der Waals surface area (Å²) in [7, 11) is 0. The maximum absolute atomic E-state index is 14.1. The number of carbonyl (C=O) groups is 3. The number of alkyl halides is 3. The lowest BCUT2D eigenvalue weighted by molar-refractivity contribution is -0.176. The summed E-state index contributed by atoms with van der Waals surface area (Å²) in [5, 5.41) is 0. The molecule has 168 valence electrons. The minimum absolute atomic E-state index is 0.0620. The normalized spacial score (nSPS) is 39.1. The van der Waals surface area contributed by atoms with E-state index < -0.39 is 34.7 Å². The van der Waals surface area contributed by atoms with Crippen molar-refractivity contribution in [2.45, 2.75) is 52.6 Å². The lowest BCUT2D eigenvalue weighted by Crippen LogP contribution is -2.49. The molecule has 0 aromatic rings. The maximum Gasteiger partial charge on any atom is 0.395 e. The SMILES string of the molecule is CC(=O)OCC(=O)[C@H]1CCC2C3CC(C(F)(F)F)C4=CC(=O)C=C[C@]4(C)C3=CC[C@@]21C. The van der Waals surface area contributed by atoms with Gasteiger partial charge < -0.3 is 4.74 Å². The number of fused-ring (bicyclic) bond motifs is 5. The third-order valence-corrected chi connectivity index (χ3v) is 8.20. The fourth-order valence-corrected chi connectivity index (χ4v) is 6.72. The van der Waals surface area contributed by atoms with E-state index in [1.54, 1.807) is 13.0 Å². The van der Waals surface area contributed by atoms with Crippen LogP contribution in [0.15, 0.2) is 35.5 Å². The van der Waals surface area contributed by atoms with Crippen LogP contribution in [-0.4, -0.2) is 30.3 Å². The molecule has 0 heterocycles. The minimum atomic E-state index is -4.44. The van der Waals surface area contributed by atoms with Gasteiger partial charge in [-0.25, -0.2) is 0 Å².